The lowest BCUT2D eigenvalue weighted by molar-refractivity contribution is 0.391. The minimum absolute atomic E-state index is 0.730. The monoisotopic (exact) mass is 379 g/mol. The normalized spacial score (nSPS) is 14.6. The minimum Gasteiger partial charge on any atom is -0.367 e. The molecule has 0 saturated carbocycles. The number of benzene rings is 2. The van der Waals surface area contributed by atoms with Crippen LogP contribution in [0.4, 0.5) is 11.4 Å². The highest BCUT2D eigenvalue weighted by Crippen LogP contribution is 2.26. The van der Waals surface area contributed by atoms with Gasteiger partial charge in [0.25, 0.3) is 0 Å². The van der Waals surface area contributed by atoms with Gasteiger partial charge in [-0.1, -0.05) is 41.4 Å². The molecule has 1 N–H and O–H groups in total. The van der Waals surface area contributed by atoms with Gasteiger partial charge in [0.05, 0.1) is 10.7 Å². The average Bonchev–Trinajstić information content (AvgIpc) is 2.59. The summed E-state index contributed by atoms with van der Waals surface area (Å²) < 4.78 is 0. The largest absolute Gasteiger partial charge is 0.367 e. The zero-order valence-corrected chi connectivity index (χ0v) is 15.8. The van der Waals surface area contributed by atoms with Crippen LogP contribution in [0.15, 0.2) is 42.5 Å². The second-order valence-electron chi connectivity index (χ2n) is 5.82. The summed E-state index contributed by atoms with van der Waals surface area (Å²) in [5, 5.41) is 5.54. The molecule has 1 aliphatic heterocycles. The first-order valence-corrected chi connectivity index (χ1v) is 9.02. The van der Waals surface area contributed by atoms with Gasteiger partial charge in [-0.3, -0.25) is 0 Å². The van der Waals surface area contributed by atoms with Gasteiger partial charge in [-0.25, -0.2) is 0 Å². The third-order valence-electron chi connectivity index (χ3n) is 4.18. The fourth-order valence-corrected chi connectivity index (χ4v) is 3.47. The molecule has 6 heteroatoms. The lowest BCUT2D eigenvalue weighted by Crippen LogP contribution is -2.50. The molecule has 1 aliphatic rings. The molecule has 1 fully saturated rings. The van der Waals surface area contributed by atoms with Crippen molar-refractivity contribution in [3.05, 3.63) is 58.1 Å². The van der Waals surface area contributed by atoms with Crippen molar-refractivity contribution in [1.29, 1.82) is 0 Å². The summed E-state index contributed by atoms with van der Waals surface area (Å²) in [7, 11) is 0. The van der Waals surface area contributed by atoms with Gasteiger partial charge < -0.3 is 15.1 Å². The summed E-state index contributed by atoms with van der Waals surface area (Å²) in [6.07, 6.45) is 0. The van der Waals surface area contributed by atoms with E-state index in [-0.39, 0.29) is 0 Å². The average molecular weight is 380 g/mol. The number of thiocarbonyl (C=S) groups is 1. The molecule has 3 rings (SSSR count). The number of halogens is 2. The molecule has 0 bridgehead atoms. The smallest absolute Gasteiger partial charge is 0.173 e. The van der Waals surface area contributed by atoms with Crippen molar-refractivity contribution in [1.82, 2.24) is 4.90 Å². The highest BCUT2D eigenvalue weighted by Gasteiger charge is 2.20. The molecule has 24 heavy (non-hydrogen) atoms. The fraction of sp³-hybridized carbons (Fsp3) is 0.278. The topological polar surface area (TPSA) is 18.5 Å². The van der Waals surface area contributed by atoms with Gasteiger partial charge in [-0.2, -0.15) is 0 Å². The van der Waals surface area contributed by atoms with Gasteiger partial charge in [-0.15, -0.1) is 0 Å². The van der Waals surface area contributed by atoms with Crippen LogP contribution in [0.5, 0.6) is 0 Å². The maximum atomic E-state index is 6.29. The van der Waals surface area contributed by atoms with Crippen molar-refractivity contribution >= 4 is 51.9 Å². The Morgan fingerprint density at radius 1 is 1.00 bits per heavy atom. The third kappa shape index (κ3) is 3.94. The van der Waals surface area contributed by atoms with Gasteiger partial charge in [0.2, 0.25) is 0 Å². The number of nitrogens with one attached hydrogen (secondary N) is 1. The molecule has 0 spiro atoms. The summed E-state index contributed by atoms with van der Waals surface area (Å²) in [6, 6.07) is 13.8. The van der Waals surface area contributed by atoms with Crippen LogP contribution in [0, 0.1) is 6.92 Å². The molecular formula is C18H19Cl2N3S. The summed E-state index contributed by atoms with van der Waals surface area (Å²) in [6.45, 7) is 5.48. The van der Waals surface area contributed by atoms with E-state index < -0.39 is 0 Å². The Kier molecular flexibility index (Phi) is 5.49. The van der Waals surface area contributed by atoms with E-state index in [0.29, 0.717) is 0 Å². The van der Waals surface area contributed by atoms with Crippen LogP contribution in [-0.4, -0.2) is 36.2 Å². The lowest BCUT2D eigenvalue weighted by Gasteiger charge is -2.37. The molecular weight excluding hydrogens is 361 g/mol. The minimum atomic E-state index is 0.730. The molecule has 0 unspecified atom stereocenters. The van der Waals surface area contributed by atoms with Crippen molar-refractivity contribution in [2.75, 3.05) is 36.4 Å². The first kappa shape index (κ1) is 17.3. The van der Waals surface area contributed by atoms with Crippen LogP contribution in [0.25, 0.3) is 0 Å². The summed E-state index contributed by atoms with van der Waals surface area (Å²) in [5.74, 6) is 0. The molecule has 126 valence electrons. The highest BCUT2D eigenvalue weighted by molar-refractivity contribution is 7.80. The molecule has 0 aromatic heterocycles. The van der Waals surface area contributed by atoms with E-state index in [1.54, 1.807) is 0 Å². The molecule has 0 aliphatic carbocycles. The number of rotatable bonds is 2. The Morgan fingerprint density at radius 2 is 1.71 bits per heavy atom. The number of nitrogens with zero attached hydrogens (tertiary/aromatic N) is 2. The number of aryl methyl sites for hydroxylation is 1. The van der Waals surface area contributed by atoms with Crippen molar-refractivity contribution in [3.8, 4) is 0 Å². The van der Waals surface area contributed by atoms with Crippen LogP contribution in [0.2, 0.25) is 10.0 Å². The number of hydrogen-bond donors (Lipinski definition) is 1. The number of piperazine rings is 1. The highest BCUT2D eigenvalue weighted by atomic mass is 35.5. The molecule has 1 saturated heterocycles. The number of anilines is 2. The van der Waals surface area contributed by atoms with Gasteiger partial charge in [0.15, 0.2) is 5.11 Å². The summed E-state index contributed by atoms with van der Waals surface area (Å²) >= 11 is 18.0. The second kappa shape index (κ2) is 7.60. The van der Waals surface area contributed by atoms with Crippen LogP contribution in [0.1, 0.15) is 5.56 Å². The Morgan fingerprint density at radius 3 is 2.38 bits per heavy atom. The Balaban J connectivity index is 1.59. The predicted molar refractivity (Wildman–Crippen MR) is 108 cm³/mol. The van der Waals surface area contributed by atoms with Crippen molar-refractivity contribution < 1.29 is 0 Å². The van der Waals surface area contributed by atoms with Crippen LogP contribution < -0.4 is 10.2 Å². The zero-order valence-electron chi connectivity index (χ0n) is 13.4. The van der Waals surface area contributed by atoms with Crippen LogP contribution >= 0.6 is 35.4 Å². The summed E-state index contributed by atoms with van der Waals surface area (Å²) in [4.78, 5) is 4.47. The standard InChI is InChI=1S/C18H19Cl2N3S/c1-13-6-7-14(12-16(13)20)21-18(24)23-10-8-22(9-11-23)17-5-3-2-4-15(17)19/h2-7,12H,8-11H2,1H3,(H,21,24). The Labute approximate surface area is 158 Å². The number of hydrogen-bond acceptors (Lipinski definition) is 2. The van der Waals surface area contributed by atoms with Crippen molar-refractivity contribution in [3.63, 3.8) is 0 Å². The van der Waals surface area contributed by atoms with E-state index >= 15 is 0 Å². The molecule has 0 radical (unpaired) electrons. The quantitative estimate of drug-likeness (QED) is 0.753. The van der Waals surface area contributed by atoms with E-state index in [9.17, 15) is 0 Å². The Hall–Kier alpha value is -1.49. The van der Waals surface area contributed by atoms with Gasteiger partial charge in [-0.05, 0) is 49.0 Å². The summed E-state index contributed by atoms with van der Waals surface area (Å²) in [5.41, 5.74) is 3.06. The van der Waals surface area contributed by atoms with Gasteiger partial charge >= 0.3 is 0 Å². The molecule has 1 heterocycles. The fourth-order valence-electron chi connectivity index (χ4n) is 2.73. The van der Waals surface area contributed by atoms with Crippen molar-refractivity contribution in [2.24, 2.45) is 0 Å². The zero-order chi connectivity index (χ0) is 17.1. The molecule has 2 aromatic rings. The van der Waals surface area contributed by atoms with Crippen LogP contribution in [-0.2, 0) is 0 Å². The Bertz CT molecular complexity index is 743. The van der Waals surface area contributed by atoms with E-state index in [0.717, 1.165) is 58.3 Å². The third-order valence-corrected chi connectivity index (χ3v) is 5.27. The first-order chi connectivity index (χ1) is 11.5. The predicted octanol–water partition coefficient (Wildman–Crippen LogP) is 4.82. The number of para-hydroxylation sites is 1. The molecule has 3 nitrogen and oxygen atoms in total. The molecule has 0 atom stereocenters. The maximum Gasteiger partial charge on any atom is 0.173 e. The van der Waals surface area contributed by atoms with Crippen molar-refractivity contribution in [2.45, 2.75) is 6.92 Å². The molecule has 2 aromatic carbocycles. The van der Waals surface area contributed by atoms with E-state index in [1.165, 1.54) is 0 Å². The van der Waals surface area contributed by atoms with E-state index in [2.05, 4.69) is 21.2 Å². The second-order valence-corrected chi connectivity index (χ2v) is 7.02. The van der Waals surface area contributed by atoms with Gasteiger partial charge in [0, 0.05) is 36.9 Å². The first-order valence-electron chi connectivity index (χ1n) is 7.86. The van der Waals surface area contributed by atoms with E-state index in [1.807, 2.05) is 43.3 Å². The van der Waals surface area contributed by atoms with E-state index in [4.69, 9.17) is 35.4 Å². The SMILES string of the molecule is Cc1ccc(NC(=S)N2CCN(c3ccccc3Cl)CC2)cc1Cl. The lowest BCUT2D eigenvalue weighted by atomic mass is 10.2. The van der Waals surface area contributed by atoms with Crippen LogP contribution in [0.3, 0.4) is 0 Å². The van der Waals surface area contributed by atoms with Gasteiger partial charge in [0.1, 0.15) is 0 Å². The molecule has 0 amide bonds. The maximum absolute atomic E-state index is 6.29.